The number of nitrogens with zero attached hydrogens (tertiary/aromatic N) is 1. The number of nitrogens with one attached hydrogen (secondary N) is 1. The average Bonchev–Trinajstić information content (AvgIpc) is 2.64. The van der Waals surface area contributed by atoms with E-state index in [-0.39, 0.29) is 0 Å². The Hall–Kier alpha value is -0.710. The van der Waals surface area contributed by atoms with Gasteiger partial charge in [-0.1, -0.05) is 0 Å². The van der Waals surface area contributed by atoms with Crippen LogP contribution < -0.4 is 5.32 Å². The highest BCUT2D eigenvalue weighted by molar-refractivity contribution is 7.98. The molecule has 5 heteroatoms. The summed E-state index contributed by atoms with van der Waals surface area (Å²) in [4.78, 5) is 15.1. The van der Waals surface area contributed by atoms with Gasteiger partial charge in [-0.25, -0.2) is 4.79 Å². The molecule has 1 heterocycles. The lowest BCUT2D eigenvalue weighted by molar-refractivity contribution is -0.139. The minimum absolute atomic E-state index is 0.473. The van der Waals surface area contributed by atoms with Crippen LogP contribution in [0.4, 0.5) is 0 Å². The first kappa shape index (κ1) is 11.4. The first-order chi connectivity index (χ1) is 6.74. The van der Waals surface area contributed by atoms with E-state index in [1.807, 2.05) is 6.26 Å². The van der Waals surface area contributed by atoms with Crippen molar-refractivity contribution in [3.8, 4) is 0 Å². The van der Waals surface area contributed by atoms with Gasteiger partial charge in [0, 0.05) is 13.0 Å². The first-order valence-electron chi connectivity index (χ1n) is 4.75. The number of hydrogen-bond acceptors (Lipinski definition) is 4. The normalized spacial score (nSPS) is 17.6. The Kier molecular flexibility index (Phi) is 4.79. The van der Waals surface area contributed by atoms with E-state index in [0.717, 1.165) is 31.0 Å². The van der Waals surface area contributed by atoms with E-state index in [1.165, 1.54) is 0 Å². The Bertz CT molecular complexity index is 231. The van der Waals surface area contributed by atoms with E-state index in [0.29, 0.717) is 6.42 Å². The molecule has 0 aromatic carbocycles. The van der Waals surface area contributed by atoms with Crippen molar-refractivity contribution in [3.63, 3.8) is 0 Å². The summed E-state index contributed by atoms with van der Waals surface area (Å²) in [5.41, 5.74) is 0. The van der Waals surface area contributed by atoms with Gasteiger partial charge in [0.15, 0.2) is 0 Å². The summed E-state index contributed by atoms with van der Waals surface area (Å²) in [6.07, 6.45) is 4.56. The van der Waals surface area contributed by atoms with Crippen LogP contribution in [-0.2, 0) is 4.79 Å². The molecule has 1 unspecified atom stereocenters. The van der Waals surface area contributed by atoms with Gasteiger partial charge < -0.3 is 10.4 Å². The standard InChI is InChI=1S/C9H16N2O2S/c1-14-6-4-7(9(12)13)11-8-3-2-5-10-8/h7H,2-6H2,1H3,(H,10,11)(H,12,13). The first-order valence-corrected chi connectivity index (χ1v) is 6.15. The van der Waals surface area contributed by atoms with Crippen LogP contribution in [0.2, 0.25) is 0 Å². The minimum Gasteiger partial charge on any atom is -0.480 e. The predicted molar refractivity (Wildman–Crippen MR) is 59.1 cm³/mol. The molecule has 0 aromatic heterocycles. The fourth-order valence-corrected chi connectivity index (χ4v) is 1.82. The molecule has 1 aliphatic rings. The number of aliphatic imine (C=N–C) groups is 1. The molecule has 1 atom stereocenters. The maximum absolute atomic E-state index is 10.9. The van der Waals surface area contributed by atoms with Gasteiger partial charge >= 0.3 is 5.97 Å². The lowest BCUT2D eigenvalue weighted by Gasteiger charge is -2.14. The molecular formula is C9H16N2O2S. The number of rotatable bonds is 5. The van der Waals surface area contributed by atoms with Crippen LogP contribution >= 0.6 is 11.8 Å². The van der Waals surface area contributed by atoms with Crippen LogP contribution in [0.3, 0.4) is 0 Å². The van der Waals surface area contributed by atoms with Crippen LogP contribution in [0, 0.1) is 0 Å². The molecule has 0 fully saturated rings. The van der Waals surface area contributed by atoms with Gasteiger partial charge in [0.1, 0.15) is 6.04 Å². The third-order valence-corrected chi connectivity index (χ3v) is 2.77. The Morgan fingerprint density at radius 1 is 1.79 bits per heavy atom. The SMILES string of the molecule is CSCCC(NC1=NCCC1)C(=O)O. The number of carboxylic acid groups (broad SMARTS) is 1. The Labute approximate surface area is 88.2 Å². The molecule has 0 saturated carbocycles. The lowest BCUT2D eigenvalue weighted by atomic mass is 10.2. The van der Waals surface area contributed by atoms with Gasteiger partial charge in [-0.2, -0.15) is 11.8 Å². The average molecular weight is 216 g/mol. The summed E-state index contributed by atoms with van der Waals surface area (Å²) in [6.45, 7) is 0.831. The second-order valence-corrected chi connectivity index (χ2v) is 4.23. The number of amidine groups is 1. The van der Waals surface area contributed by atoms with Crippen LogP contribution in [0.5, 0.6) is 0 Å². The maximum atomic E-state index is 10.9. The van der Waals surface area contributed by atoms with Crippen LogP contribution in [0.15, 0.2) is 4.99 Å². The molecule has 0 saturated heterocycles. The zero-order valence-electron chi connectivity index (χ0n) is 8.32. The molecule has 0 aliphatic carbocycles. The Balaban J connectivity index is 2.38. The van der Waals surface area contributed by atoms with Crippen molar-refractivity contribution in [1.29, 1.82) is 0 Å². The molecule has 0 spiro atoms. The second kappa shape index (κ2) is 5.90. The molecule has 14 heavy (non-hydrogen) atoms. The van der Waals surface area contributed by atoms with Gasteiger partial charge in [-0.05, 0) is 24.9 Å². The van der Waals surface area contributed by atoms with Gasteiger partial charge in [-0.3, -0.25) is 4.99 Å². The van der Waals surface area contributed by atoms with Crippen LogP contribution in [0.25, 0.3) is 0 Å². The minimum atomic E-state index is -0.784. The molecule has 4 nitrogen and oxygen atoms in total. The predicted octanol–water partition coefficient (Wildman–Crippen LogP) is 0.975. The van der Waals surface area contributed by atoms with E-state index in [9.17, 15) is 4.79 Å². The van der Waals surface area contributed by atoms with Crippen molar-refractivity contribution in [1.82, 2.24) is 5.32 Å². The van der Waals surface area contributed by atoms with Crippen molar-refractivity contribution in [2.45, 2.75) is 25.3 Å². The molecule has 80 valence electrons. The fraction of sp³-hybridized carbons (Fsp3) is 0.778. The number of thioether (sulfide) groups is 1. The second-order valence-electron chi connectivity index (χ2n) is 3.25. The zero-order valence-corrected chi connectivity index (χ0v) is 9.14. The highest BCUT2D eigenvalue weighted by Gasteiger charge is 2.19. The van der Waals surface area contributed by atoms with Crippen LogP contribution in [0.1, 0.15) is 19.3 Å². The number of carboxylic acids is 1. The van der Waals surface area contributed by atoms with Gasteiger partial charge in [0.2, 0.25) is 0 Å². The van der Waals surface area contributed by atoms with E-state index < -0.39 is 12.0 Å². The molecule has 1 aliphatic heterocycles. The largest absolute Gasteiger partial charge is 0.480 e. The molecule has 0 bridgehead atoms. The fourth-order valence-electron chi connectivity index (χ4n) is 1.35. The summed E-state index contributed by atoms with van der Waals surface area (Å²) in [7, 11) is 0. The maximum Gasteiger partial charge on any atom is 0.326 e. The highest BCUT2D eigenvalue weighted by atomic mass is 32.2. The molecule has 0 aromatic rings. The summed E-state index contributed by atoms with van der Waals surface area (Å²) >= 11 is 1.66. The molecule has 1 rings (SSSR count). The van der Waals surface area contributed by atoms with E-state index in [4.69, 9.17) is 5.11 Å². The van der Waals surface area contributed by atoms with E-state index >= 15 is 0 Å². The lowest BCUT2D eigenvalue weighted by Crippen LogP contribution is -2.40. The monoisotopic (exact) mass is 216 g/mol. The number of carbonyl (C=O) groups is 1. The number of aliphatic carboxylic acids is 1. The summed E-state index contributed by atoms with van der Waals surface area (Å²) in [5.74, 6) is 0.934. The summed E-state index contributed by atoms with van der Waals surface area (Å²) in [5, 5.41) is 11.9. The summed E-state index contributed by atoms with van der Waals surface area (Å²) < 4.78 is 0. The third kappa shape index (κ3) is 3.57. The topological polar surface area (TPSA) is 61.7 Å². The summed E-state index contributed by atoms with van der Waals surface area (Å²) in [6, 6.07) is -0.473. The van der Waals surface area contributed by atoms with Gasteiger partial charge in [-0.15, -0.1) is 0 Å². The van der Waals surface area contributed by atoms with Gasteiger partial charge in [0.05, 0.1) is 5.84 Å². The van der Waals surface area contributed by atoms with Crippen molar-refractivity contribution in [2.75, 3.05) is 18.6 Å². The van der Waals surface area contributed by atoms with Crippen molar-refractivity contribution in [3.05, 3.63) is 0 Å². The van der Waals surface area contributed by atoms with Crippen LogP contribution in [-0.4, -0.2) is 41.5 Å². The zero-order chi connectivity index (χ0) is 10.4. The molecular weight excluding hydrogens is 200 g/mol. The van der Waals surface area contributed by atoms with E-state index in [2.05, 4.69) is 10.3 Å². The van der Waals surface area contributed by atoms with Gasteiger partial charge in [0.25, 0.3) is 0 Å². The van der Waals surface area contributed by atoms with Crippen molar-refractivity contribution < 1.29 is 9.90 Å². The molecule has 2 N–H and O–H groups in total. The quantitative estimate of drug-likeness (QED) is 0.719. The Morgan fingerprint density at radius 3 is 3.07 bits per heavy atom. The third-order valence-electron chi connectivity index (χ3n) is 2.12. The number of hydrogen-bond donors (Lipinski definition) is 2. The molecule has 0 amide bonds. The van der Waals surface area contributed by atoms with Crippen molar-refractivity contribution in [2.24, 2.45) is 4.99 Å². The molecule has 0 radical (unpaired) electrons. The highest BCUT2D eigenvalue weighted by Crippen LogP contribution is 2.05. The Morgan fingerprint density at radius 2 is 2.57 bits per heavy atom. The van der Waals surface area contributed by atoms with E-state index in [1.54, 1.807) is 11.8 Å². The smallest absolute Gasteiger partial charge is 0.326 e. The van der Waals surface area contributed by atoms with Crippen molar-refractivity contribution >= 4 is 23.6 Å².